The van der Waals surface area contributed by atoms with Crippen LogP contribution in [0.4, 0.5) is 4.39 Å². The molecule has 0 saturated carbocycles. The van der Waals surface area contributed by atoms with Crippen LogP contribution in [0.25, 0.3) is 0 Å². The molecule has 2 rings (SSSR count). The molecule has 0 aliphatic rings. The number of halogens is 2. The highest BCUT2D eigenvalue weighted by Crippen LogP contribution is 2.37. The van der Waals surface area contributed by atoms with Crippen LogP contribution in [0.15, 0.2) is 42.5 Å². The van der Waals surface area contributed by atoms with E-state index >= 15 is 0 Å². The van der Waals surface area contributed by atoms with Gasteiger partial charge in [-0.3, -0.25) is 0 Å². The molecule has 0 aliphatic carbocycles. The third-order valence-electron chi connectivity index (χ3n) is 2.95. The first-order chi connectivity index (χ1) is 9.65. The van der Waals surface area contributed by atoms with Crippen LogP contribution in [0.2, 0.25) is 0 Å². The SMILES string of the molecule is CCOc1ccc(C(Br)c2cc(F)ccc2OC)cc1. The molecule has 0 aromatic heterocycles. The topological polar surface area (TPSA) is 18.5 Å². The predicted octanol–water partition coefficient (Wildman–Crippen LogP) is 4.72. The van der Waals surface area contributed by atoms with Crippen LogP contribution in [0.1, 0.15) is 22.9 Å². The van der Waals surface area contributed by atoms with Crippen molar-refractivity contribution in [3.8, 4) is 11.5 Å². The Kier molecular flexibility index (Phi) is 5.01. The lowest BCUT2D eigenvalue weighted by molar-refractivity contribution is 0.340. The second-order valence-corrected chi connectivity index (χ2v) is 5.17. The Morgan fingerprint density at radius 1 is 1.15 bits per heavy atom. The summed E-state index contributed by atoms with van der Waals surface area (Å²) in [6.07, 6.45) is 0. The molecule has 20 heavy (non-hydrogen) atoms. The zero-order valence-electron chi connectivity index (χ0n) is 11.4. The van der Waals surface area contributed by atoms with Crippen molar-refractivity contribution in [2.24, 2.45) is 0 Å². The van der Waals surface area contributed by atoms with Gasteiger partial charge in [0.15, 0.2) is 0 Å². The van der Waals surface area contributed by atoms with E-state index in [2.05, 4.69) is 15.9 Å². The van der Waals surface area contributed by atoms with Crippen molar-refractivity contribution in [1.82, 2.24) is 0 Å². The summed E-state index contributed by atoms with van der Waals surface area (Å²) in [5.74, 6) is 1.19. The maximum atomic E-state index is 13.4. The van der Waals surface area contributed by atoms with Crippen molar-refractivity contribution < 1.29 is 13.9 Å². The first-order valence-corrected chi connectivity index (χ1v) is 7.27. The maximum Gasteiger partial charge on any atom is 0.123 e. The quantitative estimate of drug-likeness (QED) is 0.734. The van der Waals surface area contributed by atoms with E-state index in [1.807, 2.05) is 31.2 Å². The minimum Gasteiger partial charge on any atom is -0.496 e. The molecule has 0 spiro atoms. The van der Waals surface area contributed by atoms with Gasteiger partial charge >= 0.3 is 0 Å². The molecule has 2 aromatic carbocycles. The molecule has 2 nitrogen and oxygen atoms in total. The van der Waals surface area contributed by atoms with Gasteiger partial charge in [-0.1, -0.05) is 28.1 Å². The lowest BCUT2D eigenvalue weighted by Crippen LogP contribution is -1.98. The molecular weight excluding hydrogens is 323 g/mol. The van der Waals surface area contributed by atoms with Crippen LogP contribution in [-0.2, 0) is 0 Å². The fraction of sp³-hybridized carbons (Fsp3) is 0.250. The smallest absolute Gasteiger partial charge is 0.123 e. The Morgan fingerprint density at radius 2 is 1.85 bits per heavy atom. The Morgan fingerprint density at radius 3 is 2.45 bits per heavy atom. The number of hydrogen-bond acceptors (Lipinski definition) is 2. The number of benzene rings is 2. The number of rotatable bonds is 5. The molecule has 0 amide bonds. The molecule has 2 aromatic rings. The van der Waals surface area contributed by atoms with Crippen molar-refractivity contribution in [3.05, 3.63) is 59.4 Å². The lowest BCUT2D eigenvalue weighted by atomic mass is 10.0. The van der Waals surface area contributed by atoms with Gasteiger partial charge in [0.2, 0.25) is 0 Å². The van der Waals surface area contributed by atoms with Crippen LogP contribution in [0, 0.1) is 5.82 Å². The standard InChI is InChI=1S/C16H16BrFO2/c1-3-20-13-7-4-11(5-8-13)16(17)14-10-12(18)6-9-15(14)19-2/h4-10,16H,3H2,1-2H3. The third kappa shape index (κ3) is 3.31. The zero-order valence-corrected chi connectivity index (χ0v) is 13.0. The summed E-state index contributed by atoms with van der Waals surface area (Å²) in [7, 11) is 1.58. The first-order valence-electron chi connectivity index (χ1n) is 6.36. The van der Waals surface area contributed by atoms with E-state index in [-0.39, 0.29) is 10.6 Å². The number of methoxy groups -OCH3 is 1. The normalized spacial score (nSPS) is 12.0. The van der Waals surface area contributed by atoms with E-state index in [4.69, 9.17) is 9.47 Å². The molecule has 0 saturated heterocycles. The molecule has 0 bridgehead atoms. The Labute approximate surface area is 126 Å². The molecule has 0 fully saturated rings. The fourth-order valence-corrected chi connectivity index (χ4v) is 2.65. The molecular formula is C16H16BrFO2. The minimum atomic E-state index is -0.281. The highest BCUT2D eigenvalue weighted by molar-refractivity contribution is 9.09. The van der Waals surface area contributed by atoms with E-state index in [1.54, 1.807) is 13.2 Å². The summed E-state index contributed by atoms with van der Waals surface area (Å²) in [5.41, 5.74) is 1.77. The van der Waals surface area contributed by atoms with E-state index in [0.717, 1.165) is 16.9 Å². The van der Waals surface area contributed by atoms with E-state index in [1.165, 1.54) is 12.1 Å². The van der Waals surface area contributed by atoms with Crippen LogP contribution < -0.4 is 9.47 Å². The van der Waals surface area contributed by atoms with Gasteiger partial charge in [-0.2, -0.15) is 0 Å². The monoisotopic (exact) mass is 338 g/mol. The molecule has 0 radical (unpaired) electrons. The van der Waals surface area contributed by atoms with Gasteiger partial charge in [0, 0.05) is 5.56 Å². The van der Waals surface area contributed by atoms with Crippen molar-refractivity contribution in [1.29, 1.82) is 0 Å². The van der Waals surface area contributed by atoms with Crippen molar-refractivity contribution >= 4 is 15.9 Å². The Hall–Kier alpha value is -1.55. The van der Waals surface area contributed by atoms with E-state index in [9.17, 15) is 4.39 Å². The highest BCUT2D eigenvalue weighted by atomic mass is 79.9. The number of ether oxygens (including phenoxy) is 2. The van der Waals surface area contributed by atoms with Gasteiger partial charge in [-0.05, 0) is 42.8 Å². The second-order valence-electron chi connectivity index (χ2n) is 4.25. The zero-order chi connectivity index (χ0) is 14.5. The Bertz CT molecular complexity index is 569. The maximum absolute atomic E-state index is 13.4. The molecule has 1 atom stereocenters. The average molecular weight is 339 g/mol. The van der Waals surface area contributed by atoms with Crippen LogP contribution in [-0.4, -0.2) is 13.7 Å². The summed E-state index contributed by atoms with van der Waals surface area (Å²) < 4.78 is 24.1. The molecule has 0 heterocycles. The van der Waals surface area contributed by atoms with Crippen molar-refractivity contribution in [2.75, 3.05) is 13.7 Å². The highest BCUT2D eigenvalue weighted by Gasteiger charge is 2.16. The third-order valence-corrected chi connectivity index (χ3v) is 3.97. The van der Waals surface area contributed by atoms with Crippen LogP contribution in [0.5, 0.6) is 11.5 Å². The van der Waals surface area contributed by atoms with E-state index in [0.29, 0.717) is 12.4 Å². The molecule has 0 N–H and O–H groups in total. The van der Waals surface area contributed by atoms with E-state index < -0.39 is 0 Å². The second kappa shape index (κ2) is 6.75. The average Bonchev–Trinajstić information content (AvgIpc) is 2.47. The fourth-order valence-electron chi connectivity index (χ4n) is 1.98. The molecule has 4 heteroatoms. The minimum absolute atomic E-state index is 0.135. The van der Waals surface area contributed by atoms with Gasteiger partial charge in [0.05, 0.1) is 18.5 Å². The number of hydrogen-bond donors (Lipinski definition) is 0. The van der Waals surface area contributed by atoms with Gasteiger partial charge in [-0.15, -0.1) is 0 Å². The first kappa shape index (κ1) is 14.9. The van der Waals surface area contributed by atoms with Crippen molar-refractivity contribution in [3.63, 3.8) is 0 Å². The lowest BCUT2D eigenvalue weighted by Gasteiger charge is -2.15. The Balaban J connectivity index is 2.30. The molecule has 1 unspecified atom stereocenters. The van der Waals surface area contributed by atoms with Gasteiger partial charge in [-0.25, -0.2) is 4.39 Å². The molecule has 0 aliphatic heterocycles. The largest absolute Gasteiger partial charge is 0.496 e. The summed E-state index contributed by atoms with van der Waals surface area (Å²) in [6, 6.07) is 12.2. The summed E-state index contributed by atoms with van der Waals surface area (Å²) in [5, 5.41) is 0. The van der Waals surface area contributed by atoms with Gasteiger partial charge in [0.25, 0.3) is 0 Å². The van der Waals surface area contributed by atoms with Crippen molar-refractivity contribution in [2.45, 2.75) is 11.8 Å². The predicted molar refractivity (Wildman–Crippen MR) is 81.3 cm³/mol. The summed E-state index contributed by atoms with van der Waals surface area (Å²) in [6.45, 7) is 2.58. The number of alkyl halides is 1. The van der Waals surface area contributed by atoms with Crippen LogP contribution >= 0.6 is 15.9 Å². The van der Waals surface area contributed by atoms with Crippen LogP contribution in [0.3, 0.4) is 0 Å². The summed E-state index contributed by atoms with van der Waals surface area (Å²) in [4.78, 5) is -0.135. The molecule has 106 valence electrons. The van der Waals surface area contributed by atoms with Gasteiger partial charge in [0.1, 0.15) is 17.3 Å². The van der Waals surface area contributed by atoms with Gasteiger partial charge < -0.3 is 9.47 Å². The summed E-state index contributed by atoms with van der Waals surface area (Å²) >= 11 is 3.60.